The van der Waals surface area contributed by atoms with Gasteiger partial charge in [-0.05, 0) is 51.9 Å². The predicted octanol–water partition coefficient (Wildman–Crippen LogP) is 4.11. The summed E-state index contributed by atoms with van der Waals surface area (Å²) >= 11 is 0. The minimum Gasteiger partial charge on any atom is -0.550 e. The van der Waals surface area contributed by atoms with E-state index in [1.807, 2.05) is 20.8 Å². The molecule has 3 unspecified atom stereocenters. The number of nitrogens with zero attached hydrogens (tertiary/aromatic N) is 1. The number of carbonyl (C=O) groups excluding carboxylic acids is 1. The molecule has 0 saturated heterocycles. The molecule has 0 amide bonds. The van der Waals surface area contributed by atoms with Crippen LogP contribution in [-0.4, -0.2) is 58.8 Å². The lowest BCUT2D eigenvalue weighted by molar-refractivity contribution is -0.935. The Labute approximate surface area is 200 Å². The fourth-order valence-corrected chi connectivity index (χ4v) is 4.62. The van der Waals surface area contributed by atoms with E-state index in [0.717, 1.165) is 32.1 Å². The Kier molecular flexibility index (Phi) is 16.6. The van der Waals surface area contributed by atoms with Gasteiger partial charge >= 0.3 is 11.9 Å². The van der Waals surface area contributed by atoms with Crippen LogP contribution in [-0.2, 0) is 14.4 Å². The molecule has 0 radical (unpaired) electrons. The molecule has 0 fully saturated rings. The van der Waals surface area contributed by atoms with Crippen molar-refractivity contribution in [3.8, 4) is 0 Å². The molecule has 2 N–H and O–H groups in total. The molecule has 0 aliphatic rings. The molecule has 0 aliphatic carbocycles. The van der Waals surface area contributed by atoms with Gasteiger partial charge in [0.15, 0.2) is 0 Å². The van der Waals surface area contributed by atoms with Crippen LogP contribution in [0.5, 0.6) is 0 Å². The van der Waals surface area contributed by atoms with Crippen molar-refractivity contribution >= 4 is 17.9 Å². The smallest absolute Gasteiger partial charge is 0.312 e. The van der Waals surface area contributed by atoms with E-state index in [9.17, 15) is 29.7 Å². The molecule has 7 heteroatoms. The van der Waals surface area contributed by atoms with Crippen LogP contribution in [0.15, 0.2) is 12.2 Å². The zero-order valence-electron chi connectivity index (χ0n) is 21.3. The minimum atomic E-state index is -1.15. The number of rotatable bonds is 21. The van der Waals surface area contributed by atoms with Crippen molar-refractivity contribution in [2.45, 2.75) is 91.9 Å². The second-order valence-corrected chi connectivity index (χ2v) is 9.40. The summed E-state index contributed by atoms with van der Waals surface area (Å²) in [5.74, 6) is -4.97. The fraction of sp³-hybridized carbons (Fsp3) is 0.808. The number of carbonyl (C=O) groups is 3. The van der Waals surface area contributed by atoms with Crippen LogP contribution in [0, 0.1) is 17.8 Å². The molecule has 7 nitrogen and oxygen atoms in total. The maximum atomic E-state index is 11.9. The third-order valence-electron chi connectivity index (χ3n) is 6.82. The van der Waals surface area contributed by atoms with Gasteiger partial charge in [0, 0.05) is 5.92 Å². The van der Waals surface area contributed by atoms with Gasteiger partial charge in [-0.1, -0.05) is 52.2 Å². The number of quaternary nitrogens is 1. The Hall–Kier alpha value is -1.89. The van der Waals surface area contributed by atoms with Gasteiger partial charge in [0.2, 0.25) is 0 Å². The van der Waals surface area contributed by atoms with E-state index in [4.69, 9.17) is 0 Å². The highest BCUT2D eigenvalue weighted by Gasteiger charge is 2.39. The topological polar surface area (TPSA) is 115 Å². The van der Waals surface area contributed by atoms with E-state index in [2.05, 4.69) is 12.2 Å². The number of aliphatic carboxylic acids is 3. The molecule has 33 heavy (non-hydrogen) atoms. The second kappa shape index (κ2) is 17.6. The Morgan fingerprint density at radius 1 is 0.758 bits per heavy atom. The SMILES string of the molecule is C/C=C/CCCCCCCC[N+](CC(CC)C(=O)[O-])(CC(CC)C(=O)O)CC(CC)C(=O)O. The first-order valence-electron chi connectivity index (χ1n) is 12.8. The van der Waals surface area contributed by atoms with E-state index in [-0.39, 0.29) is 24.1 Å². The van der Waals surface area contributed by atoms with Crippen LogP contribution >= 0.6 is 0 Å². The molecule has 0 bridgehead atoms. The predicted molar refractivity (Wildman–Crippen MR) is 128 cm³/mol. The monoisotopic (exact) mass is 469 g/mol. The van der Waals surface area contributed by atoms with Gasteiger partial charge in [-0.2, -0.15) is 0 Å². The summed E-state index contributed by atoms with van der Waals surface area (Å²) in [5.41, 5.74) is 0. The van der Waals surface area contributed by atoms with Crippen molar-refractivity contribution in [2.24, 2.45) is 17.8 Å². The third-order valence-corrected chi connectivity index (χ3v) is 6.82. The van der Waals surface area contributed by atoms with Gasteiger partial charge in [0.05, 0.1) is 32.1 Å². The maximum absolute atomic E-state index is 11.9. The molecule has 192 valence electrons. The molecule has 0 aliphatic heterocycles. The molecule has 0 heterocycles. The minimum absolute atomic E-state index is 0.212. The average molecular weight is 470 g/mol. The standard InChI is InChI=1S/C26H47NO6/c1-5-9-10-11-12-13-14-15-16-17-27(18-21(6-2)24(28)29,19-22(7-3)25(30)31)20-23(8-4)26(32)33/h5,9,21-23H,6-8,10-20H2,1-4H3,(H2-,28,29,30,31,32,33)/b9-5+. The highest BCUT2D eigenvalue weighted by atomic mass is 16.4. The van der Waals surface area contributed by atoms with Crippen molar-refractivity contribution in [1.82, 2.24) is 0 Å². The zero-order valence-corrected chi connectivity index (χ0v) is 21.3. The molecule has 0 aromatic heterocycles. The van der Waals surface area contributed by atoms with E-state index < -0.39 is 35.7 Å². The first-order valence-corrected chi connectivity index (χ1v) is 12.8. The van der Waals surface area contributed by atoms with Crippen molar-refractivity contribution < 1.29 is 34.2 Å². The molecular weight excluding hydrogens is 422 g/mol. The Morgan fingerprint density at radius 3 is 1.58 bits per heavy atom. The van der Waals surface area contributed by atoms with Gasteiger partial charge < -0.3 is 24.6 Å². The molecule has 0 rings (SSSR count). The second-order valence-electron chi connectivity index (χ2n) is 9.40. The lowest BCUT2D eigenvalue weighted by Gasteiger charge is -2.44. The van der Waals surface area contributed by atoms with Crippen molar-refractivity contribution in [1.29, 1.82) is 0 Å². The first-order chi connectivity index (χ1) is 15.7. The van der Waals surface area contributed by atoms with Crippen LogP contribution in [0.4, 0.5) is 0 Å². The van der Waals surface area contributed by atoms with Crippen LogP contribution in [0.25, 0.3) is 0 Å². The van der Waals surface area contributed by atoms with Crippen LogP contribution < -0.4 is 5.11 Å². The van der Waals surface area contributed by atoms with E-state index in [0.29, 0.717) is 25.8 Å². The number of allylic oxidation sites excluding steroid dienone is 2. The van der Waals surface area contributed by atoms with Crippen molar-refractivity contribution in [2.75, 3.05) is 26.2 Å². The lowest BCUT2D eigenvalue weighted by atomic mass is 9.95. The number of hydrogen-bond acceptors (Lipinski definition) is 4. The number of hydrogen-bond donors (Lipinski definition) is 2. The fourth-order valence-electron chi connectivity index (χ4n) is 4.62. The highest BCUT2D eigenvalue weighted by Crippen LogP contribution is 2.25. The van der Waals surface area contributed by atoms with Gasteiger partial charge in [-0.25, -0.2) is 0 Å². The summed E-state index contributed by atoms with van der Waals surface area (Å²) in [6, 6.07) is 0. The Bertz CT molecular complexity index is 544. The Balaban J connectivity index is 5.53. The first kappa shape index (κ1) is 31.1. The Morgan fingerprint density at radius 2 is 1.18 bits per heavy atom. The van der Waals surface area contributed by atoms with Crippen molar-refractivity contribution in [3.05, 3.63) is 12.2 Å². The van der Waals surface area contributed by atoms with E-state index >= 15 is 0 Å². The largest absolute Gasteiger partial charge is 0.550 e. The van der Waals surface area contributed by atoms with Crippen LogP contribution in [0.2, 0.25) is 0 Å². The number of carboxylic acid groups (broad SMARTS) is 3. The molecule has 0 saturated carbocycles. The molecule has 3 atom stereocenters. The summed E-state index contributed by atoms with van der Waals surface area (Å²) in [4.78, 5) is 35.5. The van der Waals surface area contributed by atoms with E-state index in [1.165, 1.54) is 12.8 Å². The summed E-state index contributed by atoms with van der Waals surface area (Å²) in [6.45, 7) is 8.75. The quantitative estimate of drug-likeness (QED) is 0.149. The molecule has 0 spiro atoms. The van der Waals surface area contributed by atoms with Gasteiger partial charge in [-0.15, -0.1) is 0 Å². The summed E-state index contributed by atoms with van der Waals surface area (Å²) in [6.07, 6.45) is 12.9. The van der Waals surface area contributed by atoms with Gasteiger partial charge in [0.25, 0.3) is 0 Å². The molecule has 0 aromatic rings. The highest BCUT2D eigenvalue weighted by molar-refractivity contribution is 5.70. The maximum Gasteiger partial charge on any atom is 0.312 e. The summed E-state index contributed by atoms with van der Waals surface area (Å²) in [5, 5.41) is 31.2. The average Bonchev–Trinajstić information content (AvgIpc) is 2.77. The lowest BCUT2D eigenvalue weighted by Crippen LogP contribution is -2.59. The van der Waals surface area contributed by atoms with Gasteiger partial charge in [0.1, 0.15) is 11.8 Å². The zero-order chi connectivity index (χ0) is 25.3. The van der Waals surface area contributed by atoms with E-state index in [1.54, 1.807) is 6.92 Å². The van der Waals surface area contributed by atoms with Crippen molar-refractivity contribution in [3.63, 3.8) is 0 Å². The normalized spacial score (nSPS) is 16.2. The number of carboxylic acids is 3. The third kappa shape index (κ3) is 12.8. The van der Waals surface area contributed by atoms with Crippen LogP contribution in [0.1, 0.15) is 91.9 Å². The summed E-state index contributed by atoms with van der Waals surface area (Å²) in [7, 11) is 0. The van der Waals surface area contributed by atoms with Gasteiger partial charge in [-0.3, -0.25) is 9.59 Å². The number of unbranched alkanes of at least 4 members (excludes halogenated alkanes) is 6. The molecular formula is C26H47NO6. The summed E-state index contributed by atoms with van der Waals surface area (Å²) < 4.78 is 0.212. The molecule has 0 aromatic carbocycles. The van der Waals surface area contributed by atoms with Crippen LogP contribution in [0.3, 0.4) is 0 Å².